The van der Waals surface area contributed by atoms with E-state index in [1.165, 1.54) is 6.07 Å². The third kappa shape index (κ3) is 3.02. The van der Waals surface area contributed by atoms with E-state index in [9.17, 15) is 20.2 Å². The van der Waals surface area contributed by atoms with Crippen LogP contribution in [-0.2, 0) is 6.54 Å². The molecule has 1 aromatic rings. The highest BCUT2D eigenvalue weighted by atomic mass is 16.6. The zero-order valence-corrected chi connectivity index (χ0v) is 10.9. The molecule has 0 unspecified atom stereocenters. The molecule has 0 aliphatic carbocycles. The zero-order valence-electron chi connectivity index (χ0n) is 10.9. The molecule has 1 aliphatic rings. The Bertz CT molecular complexity index is 585. The highest BCUT2D eigenvalue weighted by molar-refractivity contribution is 5.42. The van der Waals surface area contributed by atoms with E-state index in [0.717, 1.165) is 11.8 Å². The van der Waals surface area contributed by atoms with Crippen LogP contribution < -0.4 is 5.32 Å². The van der Waals surface area contributed by atoms with Crippen LogP contribution in [0.1, 0.15) is 11.1 Å². The summed E-state index contributed by atoms with van der Waals surface area (Å²) in [6, 6.07) is 5.00. The summed E-state index contributed by atoms with van der Waals surface area (Å²) in [6.07, 6.45) is 0.912. The Morgan fingerprint density at radius 2 is 2.15 bits per heavy atom. The average Bonchev–Trinajstić information content (AvgIpc) is 2.78. The zero-order chi connectivity index (χ0) is 14.7. The molecule has 0 saturated carbocycles. The maximum absolute atomic E-state index is 10.9. The highest BCUT2D eigenvalue weighted by Crippen LogP contribution is 2.21. The largest absolute Gasteiger partial charge is 0.365 e. The number of nitrogens with one attached hydrogen (secondary N) is 1. The van der Waals surface area contributed by atoms with Crippen molar-refractivity contribution in [2.75, 3.05) is 13.1 Å². The Balaban J connectivity index is 2.20. The van der Waals surface area contributed by atoms with Gasteiger partial charge in [-0.3, -0.25) is 20.2 Å². The van der Waals surface area contributed by atoms with Crippen molar-refractivity contribution < 1.29 is 9.85 Å². The minimum Gasteiger partial charge on any atom is -0.365 e. The first-order valence-corrected chi connectivity index (χ1v) is 6.05. The lowest BCUT2D eigenvalue weighted by Gasteiger charge is -2.17. The Morgan fingerprint density at radius 1 is 1.40 bits per heavy atom. The fraction of sp³-hybridized carbons (Fsp3) is 0.333. The van der Waals surface area contributed by atoms with Gasteiger partial charge in [0, 0.05) is 31.3 Å². The molecule has 0 aromatic heterocycles. The van der Waals surface area contributed by atoms with E-state index in [4.69, 9.17) is 0 Å². The van der Waals surface area contributed by atoms with Crippen molar-refractivity contribution in [3.05, 3.63) is 61.6 Å². The third-order valence-electron chi connectivity index (χ3n) is 3.10. The van der Waals surface area contributed by atoms with Gasteiger partial charge >= 0.3 is 0 Å². The smallest absolute Gasteiger partial charge is 0.274 e. The van der Waals surface area contributed by atoms with Crippen LogP contribution in [0.3, 0.4) is 0 Å². The fourth-order valence-corrected chi connectivity index (χ4v) is 2.11. The van der Waals surface area contributed by atoms with Gasteiger partial charge in [-0.2, -0.15) is 0 Å². The maximum atomic E-state index is 10.9. The van der Waals surface area contributed by atoms with Crippen molar-refractivity contribution in [3.8, 4) is 0 Å². The second-order valence-electron chi connectivity index (χ2n) is 4.53. The highest BCUT2D eigenvalue weighted by Gasteiger charge is 2.20. The molecular weight excluding hydrogens is 264 g/mol. The van der Waals surface area contributed by atoms with E-state index in [1.54, 1.807) is 24.0 Å². The van der Waals surface area contributed by atoms with E-state index in [2.05, 4.69) is 5.32 Å². The lowest BCUT2D eigenvalue weighted by atomic mass is 10.1. The standard InChI is InChI=1S/C12H14N4O4/c1-9-2-3-10(6-11(9)16(19)20)7-14-5-4-13-12(14)8-15(17)18/h2-3,6,8,13H,4-5,7H2,1H3/b12-8+. The Kier molecular flexibility index (Phi) is 3.83. The molecule has 0 spiro atoms. The lowest BCUT2D eigenvalue weighted by Crippen LogP contribution is -2.20. The number of rotatable bonds is 4. The predicted molar refractivity (Wildman–Crippen MR) is 71.3 cm³/mol. The minimum absolute atomic E-state index is 0.0643. The van der Waals surface area contributed by atoms with E-state index >= 15 is 0 Å². The molecule has 8 heteroatoms. The van der Waals surface area contributed by atoms with E-state index in [0.29, 0.717) is 31.0 Å². The quantitative estimate of drug-likeness (QED) is 0.659. The summed E-state index contributed by atoms with van der Waals surface area (Å²) in [5.41, 5.74) is 1.41. The molecule has 0 atom stereocenters. The van der Waals surface area contributed by atoms with Crippen molar-refractivity contribution in [2.24, 2.45) is 0 Å². The second kappa shape index (κ2) is 5.55. The molecule has 0 bridgehead atoms. The summed E-state index contributed by atoms with van der Waals surface area (Å²) in [7, 11) is 0. The van der Waals surface area contributed by atoms with Crippen molar-refractivity contribution >= 4 is 5.69 Å². The van der Waals surface area contributed by atoms with Crippen molar-refractivity contribution in [1.82, 2.24) is 10.2 Å². The number of nitrogens with zero attached hydrogens (tertiary/aromatic N) is 3. The van der Waals surface area contributed by atoms with Crippen LogP contribution in [-0.4, -0.2) is 27.8 Å². The van der Waals surface area contributed by atoms with Crippen LogP contribution in [0, 0.1) is 27.2 Å². The molecule has 1 saturated heterocycles. The second-order valence-corrected chi connectivity index (χ2v) is 4.53. The SMILES string of the molecule is Cc1ccc(CN2CCN/C2=C\[N+](=O)[O-])cc1[N+](=O)[O-]. The van der Waals surface area contributed by atoms with Gasteiger partial charge < -0.3 is 10.2 Å². The van der Waals surface area contributed by atoms with Gasteiger partial charge in [-0.1, -0.05) is 12.1 Å². The van der Waals surface area contributed by atoms with E-state index in [-0.39, 0.29) is 5.69 Å². The van der Waals surface area contributed by atoms with Gasteiger partial charge in [-0.05, 0) is 12.5 Å². The summed E-state index contributed by atoms with van der Waals surface area (Å²) in [5, 5.41) is 24.3. The Morgan fingerprint density at radius 3 is 2.80 bits per heavy atom. The van der Waals surface area contributed by atoms with Gasteiger partial charge in [0.15, 0.2) is 5.82 Å². The van der Waals surface area contributed by atoms with Crippen LogP contribution in [0.2, 0.25) is 0 Å². The van der Waals surface area contributed by atoms with Crippen molar-refractivity contribution in [3.63, 3.8) is 0 Å². The summed E-state index contributed by atoms with van der Waals surface area (Å²) < 4.78 is 0. The molecule has 1 heterocycles. The molecule has 0 radical (unpaired) electrons. The molecule has 1 N–H and O–H groups in total. The Labute approximate surface area is 115 Å². The van der Waals surface area contributed by atoms with Gasteiger partial charge in [-0.25, -0.2) is 0 Å². The van der Waals surface area contributed by atoms with E-state index < -0.39 is 9.85 Å². The predicted octanol–water partition coefficient (Wildman–Crippen LogP) is 1.38. The van der Waals surface area contributed by atoms with Crippen molar-refractivity contribution in [1.29, 1.82) is 0 Å². The fourth-order valence-electron chi connectivity index (χ4n) is 2.11. The monoisotopic (exact) mass is 278 g/mol. The number of hydrogen-bond acceptors (Lipinski definition) is 6. The number of nitro benzene ring substituents is 1. The normalized spacial score (nSPS) is 16.2. The lowest BCUT2D eigenvalue weighted by molar-refractivity contribution is -0.404. The van der Waals surface area contributed by atoms with Gasteiger partial charge in [0.2, 0.25) is 0 Å². The van der Waals surface area contributed by atoms with Crippen LogP contribution in [0.15, 0.2) is 30.2 Å². The first kappa shape index (κ1) is 13.8. The third-order valence-corrected chi connectivity index (χ3v) is 3.10. The molecule has 1 aromatic carbocycles. The van der Waals surface area contributed by atoms with Crippen LogP contribution in [0.25, 0.3) is 0 Å². The maximum Gasteiger partial charge on any atom is 0.274 e. The van der Waals surface area contributed by atoms with Gasteiger partial charge in [-0.15, -0.1) is 0 Å². The first-order chi connectivity index (χ1) is 9.47. The number of benzene rings is 1. The molecule has 0 amide bonds. The summed E-state index contributed by atoms with van der Waals surface area (Å²) in [4.78, 5) is 22.3. The average molecular weight is 278 g/mol. The van der Waals surface area contributed by atoms with Crippen molar-refractivity contribution in [2.45, 2.75) is 13.5 Å². The molecule has 2 rings (SSSR count). The summed E-state index contributed by atoms with van der Waals surface area (Å²) in [6.45, 7) is 3.32. The van der Waals surface area contributed by atoms with Crippen LogP contribution >= 0.6 is 0 Å². The molecule has 20 heavy (non-hydrogen) atoms. The minimum atomic E-state index is -0.516. The Hall–Kier alpha value is -2.64. The van der Waals surface area contributed by atoms with Gasteiger partial charge in [0.25, 0.3) is 11.9 Å². The summed E-state index contributed by atoms with van der Waals surface area (Å²) in [5.74, 6) is 0.429. The first-order valence-electron chi connectivity index (χ1n) is 6.05. The molecule has 1 fully saturated rings. The topological polar surface area (TPSA) is 102 Å². The van der Waals surface area contributed by atoms with Gasteiger partial charge in [0.1, 0.15) is 0 Å². The van der Waals surface area contributed by atoms with Crippen LogP contribution in [0.5, 0.6) is 0 Å². The van der Waals surface area contributed by atoms with Gasteiger partial charge in [0.05, 0.1) is 9.85 Å². The molecular formula is C12H14N4O4. The number of aryl methyl sites for hydroxylation is 1. The molecule has 106 valence electrons. The van der Waals surface area contributed by atoms with E-state index in [1.807, 2.05) is 0 Å². The number of hydrogen-bond donors (Lipinski definition) is 1. The number of nitro groups is 2. The molecule has 8 nitrogen and oxygen atoms in total. The molecule has 1 aliphatic heterocycles. The summed E-state index contributed by atoms with van der Waals surface area (Å²) >= 11 is 0. The van der Waals surface area contributed by atoms with Crippen LogP contribution in [0.4, 0.5) is 5.69 Å².